The third-order valence-electron chi connectivity index (χ3n) is 3.18. The Kier molecular flexibility index (Phi) is 5.02. The van der Waals surface area contributed by atoms with Gasteiger partial charge in [0.15, 0.2) is 0 Å². The number of nitrogens with one attached hydrogen (secondary N) is 1. The fourth-order valence-electron chi connectivity index (χ4n) is 2.04. The molecular weight excluding hydrogens is 260 g/mol. The topological polar surface area (TPSA) is 37.2 Å². The van der Waals surface area contributed by atoms with Gasteiger partial charge in [0.1, 0.15) is 0 Å². The molecule has 2 N–H and O–H groups in total. The van der Waals surface area contributed by atoms with E-state index in [1.54, 1.807) is 12.1 Å². The molecule has 0 saturated carbocycles. The summed E-state index contributed by atoms with van der Waals surface area (Å²) in [5.41, 5.74) is 2.13. The number of aryl methyl sites for hydroxylation is 1. The van der Waals surface area contributed by atoms with Crippen LogP contribution < -0.4 is 5.32 Å². The van der Waals surface area contributed by atoms with Crippen molar-refractivity contribution in [2.45, 2.75) is 12.5 Å². The SMILES string of the molecule is Cn1cccc1CCNCC(O)c1cccc(Cl)c1. The number of benzene rings is 1. The molecule has 1 atom stereocenters. The Bertz CT molecular complexity index is 524. The zero-order valence-corrected chi connectivity index (χ0v) is 11.8. The first kappa shape index (κ1) is 14.1. The Labute approximate surface area is 118 Å². The number of halogens is 1. The smallest absolute Gasteiger partial charge is 0.0914 e. The van der Waals surface area contributed by atoms with Crippen LogP contribution in [0.2, 0.25) is 5.02 Å². The first-order valence-corrected chi connectivity index (χ1v) is 6.79. The maximum absolute atomic E-state index is 10.0. The van der Waals surface area contributed by atoms with E-state index in [0.29, 0.717) is 11.6 Å². The van der Waals surface area contributed by atoms with Gasteiger partial charge < -0.3 is 15.0 Å². The minimum absolute atomic E-state index is 0.521. The Morgan fingerprint density at radius 3 is 2.84 bits per heavy atom. The third-order valence-corrected chi connectivity index (χ3v) is 3.42. The second-order valence-electron chi connectivity index (χ2n) is 4.64. The summed E-state index contributed by atoms with van der Waals surface area (Å²) in [5.74, 6) is 0. The molecule has 0 saturated heterocycles. The number of hydrogen-bond acceptors (Lipinski definition) is 2. The van der Waals surface area contributed by atoms with Gasteiger partial charge in [-0.3, -0.25) is 0 Å². The van der Waals surface area contributed by atoms with Crippen LogP contribution in [-0.2, 0) is 13.5 Å². The first-order valence-electron chi connectivity index (χ1n) is 6.41. The van der Waals surface area contributed by atoms with Crippen LogP contribution in [0, 0.1) is 0 Å². The van der Waals surface area contributed by atoms with Crippen LogP contribution in [0.5, 0.6) is 0 Å². The number of hydrogen-bond donors (Lipinski definition) is 2. The van der Waals surface area contributed by atoms with Crippen molar-refractivity contribution in [3.8, 4) is 0 Å². The van der Waals surface area contributed by atoms with Gasteiger partial charge in [0.2, 0.25) is 0 Å². The van der Waals surface area contributed by atoms with Gasteiger partial charge in [0.25, 0.3) is 0 Å². The van der Waals surface area contributed by atoms with Crippen molar-refractivity contribution in [3.05, 3.63) is 58.9 Å². The van der Waals surface area contributed by atoms with Crippen molar-refractivity contribution in [2.24, 2.45) is 7.05 Å². The number of aliphatic hydroxyl groups excluding tert-OH is 1. The monoisotopic (exact) mass is 278 g/mol. The molecule has 1 unspecified atom stereocenters. The summed E-state index contributed by atoms with van der Waals surface area (Å²) in [6.07, 6.45) is 2.47. The largest absolute Gasteiger partial charge is 0.387 e. The molecule has 0 aliphatic rings. The summed E-state index contributed by atoms with van der Waals surface area (Å²) in [5, 5.41) is 13.9. The van der Waals surface area contributed by atoms with Crippen molar-refractivity contribution in [2.75, 3.05) is 13.1 Å². The molecule has 3 nitrogen and oxygen atoms in total. The van der Waals surface area contributed by atoms with Crippen molar-refractivity contribution >= 4 is 11.6 Å². The van der Waals surface area contributed by atoms with Gasteiger partial charge >= 0.3 is 0 Å². The minimum Gasteiger partial charge on any atom is -0.387 e. The molecule has 4 heteroatoms. The minimum atomic E-state index is -0.521. The predicted molar refractivity (Wildman–Crippen MR) is 78.4 cm³/mol. The molecule has 0 aliphatic heterocycles. The van der Waals surface area contributed by atoms with Gasteiger partial charge in [-0.25, -0.2) is 0 Å². The molecule has 0 bridgehead atoms. The van der Waals surface area contributed by atoms with E-state index in [1.165, 1.54) is 5.69 Å². The van der Waals surface area contributed by atoms with E-state index < -0.39 is 6.10 Å². The molecule has 1 aromatic heterocycles. The fraction of sp³-hybridized carbons (Fsp3) is 0.333. The van der Waals surface area contributed by atoms with E-state index in [1.807, 2.05) is 31.4 Å². The maximum atomic E-state index is 10.0. The molecule has 1 heterocycles. The average molecular weight is 279 g/mol. The van der Waals surface area contributed by atoms with Gasteiger partial charge in [-0.1, -0.05) is 23.7 Å². The summed E-state index contributed by atoms with van der Waals surface area (Å²) in [7, 11) is 2.04. The normalized spacial score (nSPS) is 12.6. The Morgan fingerprint density at radius 1 is 1.32 bits per heavy atom. The Morgan fingerprint density at radius 2 is 2.16 bits per heavy atom. The van der Waals surface area contributed by atoms with E-state index in [-0.39, 0.29) is 0 Å². The highest BCUT2D eigenvalue weighted by molar-refractivity contribution is 6.30. The summed E-state index contributed by atoms with van der Waals surface area (Å²) < 4.78 is 2.11. The molecule has 102 valence electrons. The predicted octanol–water partition coefficient (Wildman–Crippen LogP) is 2.54. The summed E-state index contributed by atoms with van der Waals surface area (Å²) in [4.78, 5) is 0. The van der Waals surface area contributed by atoms with Crippen molar-refractivity contribution < 1.29 is 5.11 Å². The van der Waals surface area contributed by atoms with Gasteiger partial charge in [0.05, 0.1) is 6.10 Å². The van der Waals surface area contributed by atoms with E-state index >= 15 is 0 Å². The molecule has 0 fully saturated rings. The summed E-state index contributed by atoms with van der Waals surface area (Å²) >= 11 is 5.90. The van der Waals surface area contributed by atoms with Crippen molar-refractivity contribution in [3.63, 3.8) is 0 Å². The lowest BCUT2D eigenvalue weighted by molar-refractivity contribution is 0.175. The van der Waals surface area contributed by atoms with Gasteiger partial charge in [-0.15, -0.1) is 0 Å². The maximum Gasteiger partial charge on any atom is 0.0914 e. The Hall–Kier alpha value is -1.29. The molecule has 2 aromatic rings. The molecule has 0 aliphatic carbocycles. The number of aliphatic hydroxyl groups is 1. The van der Waals surface area contributed by atoms with Crippen LogP contribution in [0.4, 0.5) is 0 Å². The number of rotatable bonds is 6. The lowest BCUT2D eigenvalue weighted by atomic mass is 10.1. The van der Waals surface area contributed by atoms with Crippen LogP contribution in [0.3, 0.4) is 0 Å². The van der Waals surface area contributed by atoms with Gasteiger partial charge in [0, 0.05) is 43.5 Å². The van der Waals surface area contributed by atoms with E-state index in [0.717, 1.165) is 18.5 Å². The highest BCUT2D eigenvalue weighted by atomic mass is 35.5. The van der Waals surface area contributed by atoms with Crippen LogP contribution in [0.25, 0.3) is 0 Å². The second-order valence-corrected chi connectivity index (χ2v) is 5.07. The molecule has 1 aromatic carbocycles. The molecule has 19 heavy (non-hydrogen) atoms. The van der Waals surface area contributed by atoms with Gasteiger partial charge in [-0.05, 0) is 29.8 Å². The second kappa shape index (κ2) is 6.75. The number of nitrogens with zero attached hydrogens (tertiary/aromatic N) is 1. The highest BCUT2D eigenvalue weighted by Crippen LogP contribution is 2.16. The zero-order valence-electron chi connectivity index (χ0n) is 11.0. The number of aromatic nitrogens is 1. The highest BCUT2D eigenvalue weighted by Gasteiger charge is 2.07. The van der Waals surface area contributed by atoms with E-state index in [4.69, 9.17) is 11.6 Å². The quantitative estimate of drug-likeness (QED) is 0.797. The van der Waals surface area contributed by atoms with Crippen molar-refractivity contribution in [1.29, 1.82) is 0 Å². The molecule has 0 spiro atoms. The third kappa shape index (κ3) is 4.10. The summed E-state index contributed by atoms with van der Waals surface area (Å²) in [6.45, 7) is 1.38. The van der Waals surface area contributed by atoms with E-state index in [9.17, 15) is 5.11 Å². The average Bonchev–Trinajstić information content (AvgIpc) is 2.80. The molecule has 2 rings (SSSR count). The standard InChI is InChI=1S/C15H19ClN2O/c1-18-9-3-6-14(18)7-8-17-11-15(19)12-4-2-5-13(16)10-12/h2-6,9-10,15,17,19H,7-8,11H2,1H3. The molecular formula is C15H19ClN2O. The van der Waals surface area contributed by atoms with E-state index in [2.05, 4.69) is 16.0 Å². The van der Waals surface area contributed by atoms with Gasteiger partial charge in [-0.2, -0.15) is 0 Å². The van der Waals surface area contributed by atoms with Crippen LogP contribution >= 0.6 is 11.6 Å². The lowest BCUT2D eigenvalue weighted by Crippen LogP contribution is -2.24. The summed E-state index contributed by atoms with van der Waals surface area (Å²) in [6, 6.07) is 11.5. The zero-order chi connectivity index (χ0) is 13.7. The van der Waals surface area contributed by atoms with Crippen LogP contribution in [0.1, 0.15) is 17.4 Å². The molecule has 0 radical (unpaired) electrons. The first-order chi connectivity index (χ1) is 9.16. The van der Waals surface area contributed by atoms with Crippen LogP contribution in [-0.4, -0.2) is 22.8 Å². The fourth-order valence-corrected chi connectivity index (χ4v) is 2.24. The lowest BCUT2D eigenvalue weighted by Gasteiger charge is -2.12. The van der Waals surface area contributed by atoms with Crippen LogP contribution in [0.15, 0.2) is 42.6 Å². The Balaban J connectivity index is 1.75. The molecule has 0 amide bonds. The van der Waals surface area contributed by atoms with Crippen molar-refractivity contribution in [1.82, 2.24) is 9.88 Å².